The summed E-state index contributed by atoms with van der Waals surface area (Å²) in [6.07, 6.45) is 7.13. The van der Waals surface area contributed by atoms with Crippen LogP contribution in [-0.4, -0.2) is 38.5 Å². The highest BCUT2D eigenvalue weighted by Crippen LogP contribution is 2.26. The Kier molecular flexibility index (Phi) is 5.24. The molecule has 2 N–H and O–H groups in total. The summed E-state index contributed by atoms with van der Waals surface area (Å²) in [5.74, 6) is 1.38. The molecule has 1 heterocycles. The minimum atomic E-state index is -3.43. The van der Waals surface area contributed by atoms with Gasteiger partial charge in [-0.15, -0.1) is 0 Å². The van der Waals surface area contributed by atoms with Crippen molar-refractivity contribution in [1.82, 2.24) is 4.31 Å². The first-order chi connectivity index (χ1) is 11.1. The van der Waals surface area contributed by atoms with Gasteiger partial charge in [-0.25, -0.2) is 8.42 Å². The van der Waals surface area contributed by atoms with Gasteiger partial charge in [-0.05, 0) is 49.4 Å². The van der Waals surface area contributed by atoms with E-state index >= 15 is 0 Å². The first-order valence-electron chi connectivity index (χ1n) is 8.54. The number of rotatable bonds is 5. The molecule has 0 spiro atoms. The molecule has 1 aliphatic carbocycles. The van der Waals surface area contributed by atoms with Gasteiger partial charge in [-0.2, -0.15) is 4.31 Å². The Bertz CT molecular complexity index is 609. The molecule has 1 saturated heterocycles. The molecule has 1 saturated carbocycles. The zero-order valence-corrected chi connectivity index (χ0v) is 14.3. The molecule has 1 atom stereocenters. The lowest BCUT2D eigenvalue weighted by Crippen LogP contribution is -2.31. The number of hydrogen-bond acceptors (Lipinski definition) is 4. The van der Waals surface area contributed by atoms with E-state index in [9.17, 15) is 8.42 Å². The number of hydrogen-bond donors (Lipinski definition) is 1. The third kappa shape index (κ3) is 4.05. The molecular weight excluding hydrogens is 312 g/mol. The normalized spacial score (nSPS) is 24.0. The summed E-state index contributed by atoms with van der Waals surface area (Å²) in [7, 11) is -3.43. The Balaban J connectivity index is 1.60. The third-order valence-electron chi connectivity index (χ3n) is 4.86. The van der Waals surface area contributed by atoms with Crippen molar-refractivity contribution in [2.75, 3.05) is 19.7 Å². The molecule has 0 amide bonds. The molecule has 1 aliphatic heterocycles. The molecule has 1 aromatic rings. The molecule has 0 aromatic heterocycles. The van der Waals surface area contributed by atoms with Gasteiger partial charge >= 0.3 is 0 Å². The molecule has 0 bridgehead atoms. The fraction of sp³-hybridized carbons (Fsp3) is 0.647. The lowest BCUT2D eigenvalue weighted by molar-refractivity contribution is 0.208. The van der Waals surface area contributed by atoms with Crippen LogP contribution in [0.3, 0.4) is 0 Å². The van der Waals surface area contributed by atoms with Gasteiger partial charge in [0.25, 0.3) is 0 Å². The maximum atomic E-state index is 12.5. The summed E-state index contributed by atoms with van der Waals surface area (Å²) in [5, 5.41) is 0. The van der Waals surface area contributed by atoms with Gasteiger partial charge in [0.15, 0.2) is 0 Å². The Morgan fingerprint density at radius 1 is 1.09 bits per heavy atom. The Morgan fingerprint density at radius 2 is 1.78 bits per heavy atom. The van der Waals surface area contributed by atoms with E-state index in [1.54, 1.807) is 24.3 Å². The van der Waals surface area contributed by atoms with Crippen molar-refractivity contribution >= 4 is 10.0 Å². The average molecular weight is 338 g/mol. The van der Waals surface area contributed by atoms with Crippen LogP contribution in [0.1, 0.15) is 38.5 Å². The van der Waals surface area contributed by atoms with Crippen molar-refractivity contribution in [1.29, 1.82) is 0 Å². The molecular formula is C17H26N2O3S. The number of benzene rings is 1. The number of nitrogens with zero attached hydrogens (tertiary/aromatic N) is 1. The van der Waals surface area contributed by atoms with Gasteiger partial charge in [-0.1, -0.05) is 19.3 Å². The van der Waals surface area contributed by atoms with Crippen LogP contribution >= 0.6 is 0 Å². The Labute approximate surface area is 138 Å². The fourth-order valence-corrected chi connectivity index (χ4v) is 4.91. The summed E-state index contributed by atoms with van der Waals surface area (Å²) >= 11 is 0. The van der Waals surface area contributed by atoms with E-state index < -0.39 is 10.0 Å². The summed E-state index contributed by atoms with van der Waals surface area (Å²) in [4.78, 5) is 0.316. The maximum Gasteiger partial charge on any atom is 0.243 e. The van der Waals surface area contributed by atoms with Gasteiger partial charge in [0.05, 0.1) is 11.5 Å². The van der Waals surface area contributed by atoms with Crippen LogP contribution < -0.4 is 10.5 Å². The van der Waals surface area contributed by atoms with Gasteiger partial charge in [0.1, 0.15) is 5.75 Å². The summed E-state index contributed by atoms with van der Waals surface area (Å²) in [5.41, 5.74) is 5.81. The SMILES string of the molecule is N[C@@H]1CCN(S(=O)(=O)c2ccc(OCC3CCCCC3)cc2)C1. The van der Waals surface area contributed by atoms with Crippen LogP contribution in [0.15, 0.2) is 29.2 Å². The number of sulfonamides is 1. The predicted molar refractivity (Wildman–Crippen MR) is 89.9 cm³/mol. The van der Waals surface area contributed by atoms with E-state index in [0.717, 1.165) is 18.8 Å². The highest BCUT2D eigenvalue weighted by Gasteiger charge is 2.30. The molecule has 5 nitrogen and oxygen atoms in total. The van der Waals surface area contributed by atoms with E-state index in [2.05, 4.69) is 0 Å². The van der Waals surface area contributed by atoms with Crippen LogP contribution in [0, 0.1) is 5.92 Å². The van der Waals surface area contributed by atoms with E-state index in [-0.39, 0.29) is 6.04 Å². The van der Waals surface area contributed by atoms with Crippen LogP contribution in [0.25, 0.3) is 0 Å². The molecule has 0 unspecified atom stereocenters. The van der Waals surface area contributed by atoms with Crippen molar-refractivity contribution in [3.63, 3.8) is 0 Å². The third-order valence-corrected chi connectivity index (χ3v) is 6.74. The first-order valence-corrected chi connectivity index (χ1v) is 9.98. The molecule has 1 aromatic carbocycles. The van der Waals surface area contributed by atoms with E-state index in [4.69, 9.17) is 10.5 Å². The van der Waals surface area contributed by atoms with Gasteiger partial charge < -0.3 is 10.5 Å². The summed E-state index contributed by atoms with van der Waals surface area (Å²) < 4.78 is 32.3. The van der Waals surface area contributed by atoms with Crippen LogP contribution in [0.2, 0.25) is 0 Å². The Hall–Kier alpha value is -1.11. The Morgan fingerprint density at radius 3 is 2.39 bits per heavy atom. The largest absolute Gasteiger partial charge is 0.493 e. The van der Waals surface area contributed by atoms with Gasteiger partial charge in [-0.3, -0.25) is 0 Å². The summed E-state index contributed by atoms with van der Waals surface area (Å²) in [6.45, 7) is 1.64. The molecule has 3 rings (SSSR count). The molecule has 2 fully saturated rings. The van der Waals surface area contributed by atoms with Gasteiger partial charge in [0.2, 0.25) is 10.0 Å². The van der Waals surface area contributed by atoms with Crippen LogP contribution in [0.4, 0.5) is 0 Å². The standard InChI is InChI=1S/C17H26N2O3S/c18-15-10-11-19(12-15)23(20,21)17-8-6-16(7-9-17)22-13-14-4-2-1-3-5-14/h6-9,14-15H,1-5,10-13,18H2/t15-/m1/s1. The highest BCUT2D eigenvalue weighted by molar-refractivity contribution is 7.89. The van der Waals surface area contributed by atoms with Crippen molar-refractivity contribution in [3.05, 3.63) is 24.3 Å². The second-order valence-corrected chi connectivity index (χ2v) is 8.64. The van der Waals surface area contributed by atoms with E-state index in [1.165, 1.54) is 36.4 Å². The first kappa shape index (κ1) is 16.7. The quantitative estimate of drug-likeness (QED) is 0.894. The van der Waals surface area contributed by atoms with Gasteiger partial charge in [0, 0.05) is 19.1 Å². The minimum Gasteiger partial charge on any atom is -0.493 e. The summed E-state index contributed by atoms with van der Waals surface area (Å²) in [6, 6.07) is 6.73. The zero-order valence-electron chi connectivity index (χ0n) is 13.5. The van der Waals surface area contributed by atoms with Crippen LogP contribution in [0.5, 0.6) is 5.75 Å². The van der Waals surface area contributed by atoms with Crippen molar-refractivity contribution in [2.45, 2.75) is 49.5 Å². The topological polar surface area (TPSA) is 72.6 Å². The fourth-order valence-electron chi connectivity index (χ4n) is 3.40. The predicted octanol–water partition coefficient (Wildman–Crippen LogP) is 2.37. The monoisotopic (exact) mass is 338 g/mol. The molecule has 6 heteroatoms. The minimum absolute atomic E-state index is 0.0529. The lowest BCUT2D eigenvalue weighted by Gasteiger charge is -2.21. The van der Waals surface area contributed by atoms with Crippen LogP contribution in [-0.2, 0) is 10.0 Å². The molecule has 23 heavy (non-hydrogen) atoms. The molecule has 128 valence electrons. The van der Waals surface area contributed by atoms with Crippen molar-refractivity contribution in [2.24, 2.45) is 11.7 Å². The maximum absolute atomic E-state index is 12.5. The number of nitrogens with two attached hydrogens (primary N) is 1. The molecule has 0 radical (unpaired) electrons. The number of ether oxygens (including phenoxy) is 1. The van der Waals surface area contributed by atoms with Crippen molar-refractivity contribution in [3.8, 4) is 5.75 Å². The smallest absolute Gasteiger partial charge is 0.243 e. The average Bonchev–Trinajstić information content (AvgIpc) is 3.02. The van der Waals surface area contributed by atoms with E-state index in [1.807, 2.05) is 0 Å². The van der Waals surface area contributed by atoms with E-state index in [0.29, 0.717) is 23.9 Å². The molecule has 2 aliphatic rings. The highest BCUT2D eigenvalue weighted by atomic mass is 32.2. The zero-order chi connectivity index (χ0) is 16.3. The lowest BCUT2D eigenvalue weighted by atomic mass is 9.90. The second-order valence-electron chi connectivity index (χ2n) is 6.70. The second kappa shape index (κ2) is 7.20. The van der Waals surface area contributed by atoms with Crippen molar-refractivity contribution < 1.29 is 13.2 Å².